The number of esters is 2. The number of halogens is 4. The number of rotatable bonds is 5. The molecule has 7 atom stereocenters. The molecule has 0 bridgehead atoms. The van der Waals surface area contributed by atoms with Gasteiger partial charge in [0.15, 0.2) is 5.78 Å². The molecule has 4 aliphatic rings. The summed E-state index contributed by atoms with van der Waals surface area (Å²) in [7, 11) is 0. The first kappa shape index (κ1) is 26.3. The van der Waals surface area contributed by atoms with E-state index in [1.165, 1.54) is 0 Å². The highest BCUT2D eigenvalue weighted by Gasteiger charge is 2.75. The Labute approximate surface area is 220 Å². The molecule has 0 amide bonds. The Balaban J connectivity index is 1.78. The molecule has 3 fully saturated rings. The molecule has 9 heteroatoms. The van der Waals surface area contributed by atoms with E-state index in [9.17, 15) is 14.4 Å². The van der Waals surface area contributed by atoms with Crippen LogP contribution in [0.2, 0.25) is 0 Å². The zero-order valence-corrected chi connectivity index (χ0v) is 22.6. The van der Waals surface area contributed by atoms with E-state index in [0.29, 0.717) is 25.7 Å². The molecule has 4 rings (SSSR count). The predicted molar refractivity (Wildman–Crippen MR) is 132 cm³/mol. The molecule has 0 N–H and O–H groups in total. The third kappa shape index (κ3) is 3.51. The SMILES string of the molecule is CCCOC(=O)[C@@]1(OC(=O)C(Cl)Cl)CC[C@H]2[C@@H]3CCC4=CC(=O)C=C[C@]4(C)[C@@]3(Cl)[C@@H](Cl)C[C@@]21C. The zero-order valence-electron chi connectivity index (χ0n) is 19.5. The van der Waals surface area contributed by atoms with Crippen molar-refractivity contribution < 1.29 is 23.9 Å². The van der Waals surface area contributed by atoms with Crippen LogP contribution in [0.25, 0.3) is 0 Å². The maximum Gasteiger partial charge on any atom is 0.351 e. The Morgan fingerprint density at radius 3 is 2.56 bits per heavy atom. The van der Waals surface area contributed by atoms with Gasteiger partial charge in [-0.25, -0.2) is 9.59 Å². The Morgan fingerprint density at radius 1 is 1.21 bits per heavy atom. The number of hydrogen-bond donors (Lipinski definition) is 0. The van der Waals surface area contributed by atoms with Gasteiger partial charge in [-0.1, -0.05) is 55.6 Å². The molecular weight excluding hydrogens is 522 g/mol. The predicted octanol–water partition coefficient (Wildman–Crippen LogP) is 5.91. The molecule has 0 aromatic carbocycles. The molecule has 3 saturated carbocycles. The third-order valence-corrected chi connectivity index (χ3v) is 10.8. The van der Waals surface area contributed by atoms with E-state index in [0.717, 1.165) is 12.0 Å². The summed E-state index contributed by atoms with van der Waals surface area (Å²) in [5.74, 6) is -1.63. The maximum atomic E-state index is 13.5. The molecule has 188 valence electrons. The summed E-state index contributed by atoms with van der Waals surface area (Å²) in [6.07, 6.45) is 8.42. The average molecular weight is 552 g/mol. The normalized spacial score (nSPS) is 43.0. The van der Waals surface area contributed by atoms with Crippen LogP contribution in [-0.4, -0.2) is 45.0 Å². The number of hydrogen-bond acceptors (Lipinski definition) is 5. The van der Waals surface area contributed by atoms with Crippen LogP contribution >= 0.6 is 46.4 Å². The Hall–Kier alpha value is -0.750. The van der Waals surface area contributed by atoms with Crippen LogP contribution in [0.4, 0.5) is 0 Å². The van der Waals surface area contributed by atoms with E-state index >= 15 is 0 Å². The molecule has 0 spiro atoms. The molecule has 34 heavy (non-hydrogen) atoms. The summed E-state index contributed by atoms with van der Waals surface area (Å²) < 4.78 is 11.4. The molecule has 0 heterocycles. The number of ether oxygens (including phenoxy) is 2. The van der Waals surface area contributed by atoms with Crippen molar-refractivity contribution in [2.45, 2.75) is 80.0 Å². The Morgan fingerprint density at radius 2 is 1.91 bits per heavy atom. The van der Waals surface area contributed by atoms with Crippen LogP contribution in [0.1, 0.15) is 59.3 Å². The Kier molecular flexibility index (Phi) is 6.94. The topological polar surface area (TPSA) is 69.7 Å². The van der Waals surface area contributed by atoms with Gasteiger partial charge < -0.3 is 9.47 Å². The van der Waals surface area contributed by atoms with Crippen molar-refractivity contribution in [3.8, 4) is 0 Å². The van der Waals surface area contributed by atoms with Gasteiger partial charge in [-0.2, -0.15) is 0 Å². The van der Waals surface area contributed by atoms with Crippen LogP contribution in [0.3, 0.4) is 0 Å². The molecule has 0 aromatic rings. The van der Waals surface area contributed by atoms with E-state index < -0.39 is 43.5 Å². The minimum Gasteiger partial charge on any atom is -0.463 e. The standard InChI is InChI=1S/C25H30Cl4O5/c1-4-11-33-21(32)24(34-20(31)19(27)28)10-8-16-17-6-5-14-12-15(30)7-9-22(14,2)25(17,29)18(26)13-23(16,24)3/h7,9,12,16-19H,4-6,8,10-11,13H2,1-3H3/t16-,17-,18-,22-,23-,24-,25-/m0/s1. The quantitative estimate of drug-likeness (QED) is 0.313. The second-order valence-corrected chi connectivity index (χ2v) is 12.7. The first-order valence-corrected chi connectivity index (χ1v) is 13.5. The van der Waals surface area contributed by atoms with Crippen molar-refractivity contribution in [2.24, 2.45) is 22.7 Å². The lowest BCUT2D eigenvalue weighted by atomic mass is 9.46. The van der Waals surface area contributed by atoms with Crippen LogP contribution in [0.5, 0.6) is 0 Å². The summed E-state index contributed by atoms with van der Waals surface area (Å²) >= 11 is 26.3. The van der Waals surface area contributed by atoms with E-state index in [1.54, 1.807) is 12.2 Å². The average Bonchev–Trinajstić information content (AvgIpc) is 3.06. The largest absolute Gasteiger partial charge is 0.463 e. The zero-order chi connectivity index (χ0) is 25.1. The molecule has 4 aliphatic carbocycles. The summed E-state index contributed by atoms with van der Waals surface area (Å²) in [6.45, 7) is 6.10. The molecule has 0 aliphatic heterocycles. The van der Waals surface area contributed by atoms with Crippen LogP contribution in [-0.2, 0) is 23.9 Å². The molecule has 0 aromatic heterocycles. The van der Waals surface area contributed by atoms with Gasteiger partial charge in [0.05, 0.1) is 16.9 Å². The third-order valence-electron chi connectivity index (χ3n) is 8.94. The monoisotopic (exact) mass is 550 g/mol. The minimum absolute atomic E-state index is 0.0415. The first-order chi connectivity index (χ1) is 15.9. The highest BCUT2D eigenvalue weighted by atomic mass is 35.5. The fraction of sp³-hybridized carbons (Fsp3) is 0.720. The van der Waals surface area contributed by atoms with Gasteiger partial charge in [-0.15, -0.1) is 23.2 Å². The van der Waals surface area contributed by atoms with Gasteiger partial charge in [-0.3, -0.25) is 4.79 Å². The number of ketones is 1. The molecule has 0 saturated heterocycles. The van der Waals surface area contributed by atoms with E-state index in [1.807, 2.05) is 26.8 Å². The minimum atomic E-state index is -1.55. The van der Waals surface area contributed by atoms with Crippen molar-refractivity contribution in [3.05, 3.63) is 23.8 Å². The number of alkyl halides is 4. The highest BCUT2D eigenvalue weighted by Crippen LogP contribution is 2.72. The lowest BCUT2D eigenvalue weighted by Gasteiger charge is -2.63. The van der Waals surface area contributed by atoms with Crippen LogP contribution in [0.15, 0.2) is 23.8 Å². The van der Waals surface area contributed by atoms with E-state index in [4.69, 9.17) is 55.9 Å². The summed E-state index contributed by atoms with van der Waals surface area (Å²) in [4.78, 5) is 35.9. The van der Waals surface area contributed by atoms with Gasteiger partial charge >= 0.3 is 11.9 Å². The number of carbonyl (C=O) groups excluding carboxylic acids is 3. The second-order valence-electron chi connectivity index (χ2n) is 10.4. The molecule has 0 unspecified atom stereocenters. The van der Waals surface area contributed by atoms with E-state index in [-0.39, 0.29) is 30.6 Å². The highest BCUT2D eigenvalue weighted by molar-refractivity contribution is 6.53. The van der Waals surface area contributed by atoms with Crippen LogP contribution < -0.4 is 0 Å². The van der Waals surface area contributed by atoms with Crippen molar-refractivity contribution in [2.75, 3.05) is 6.61 Å². The Bertz CT molecular complexity index is 963. The van der Waals surface area contributed by atoms with Crippen molar-refractivity contribution in [1.82, 2.24) is 0 Å². The summed E-state index contributed by atoms with van der Waals surface area (Å²) in [6, 6.07) is 0. The fourth-order valence-corrected chi connectivity index (χ4v) is 8.53. The summed E-state index contributed by atoms with van der Waals surface area (Å²) in [5, 5.41) is -0.565. The second kappa shape index (κ2) is 8.97. The fourth-order valence-electron chi connectivity index (χ4n) is 7.21. The lowest BCUT2D eigenvalue weighted by Crippen LogP contribution is -2.68. The maximum absolute atomic E-state index is 13.5. The number of carbonyl (C=O) groups is 3. The van der Waals surface area contributed by atoms with Gasteiger partial charge in [0.25, 0.3) is 0 Å². The molecular formula is C25H30Cl4O5. The first-order valence-electron chi connectivity index (χ1n) is 11.8. The van der Waals surface area contributed by atoms with Gasteiger partial charge in [-0.05, 0) is 62.5 Å². The van der Waals surface area contributed by atoms with Crippen molar-refractivity contribution >= 4 is 64.1 Å². The van der Waals surface area contributed by atoms with Gasteiger partial charge in [0, 0.05) is 10.8 Å². The van der Waals surface area contributed by atoms with Gasteiger partial charge in [0.1, 0.15) is 0 Å². The smallest absolute Gasteiger partial charge is 0.351 e. The van der Waals surface area contributed by atoms with Crippen LogP contribution in [0, 0.1) is 22.7 Å². The molecule has 0 radical (unpaired) electrons. The van der Waals surface area contributed by atoms with Gasteiger partial charge in [0.2, 0.25) is 10.4 Å². The number of allylic oxidation sites excluding steroid dienone is 4. The number of fused-ring (bicyclic) bond motifs is 5. The van der Waals surface area contributed by atoms with Crippen molar-refractivity contribution in [3.63, 3.8) is 0 Å². The van der Waals surface area contributed by atoms with Crippen molar-refractivity contribution in [1.29, 1.82) is 0 Å². The molecule has 5 nitrogen and oxygen atoms in total. The van der Waals surface area contributed by atoms with E-state index in [2.05, 4.69) is 0 Å². The summed E-state index contributed by atoms with van der Waals surface area (Å²) in [5.41, 5.74) is -1.98. The lowest BCUT2D eigenvalue weighted by molar-refractivity contribution is -0.203.